The first kappa shape index (κ1) is 18.8. The van der Waals surface area contributed by atoms with Crippen LogP contribution in [-0.2, 0) is 16.0 Å². The average molecular weight is 343 g/mol. The number of thiophene rings is 1. The average Bonchev–Trinajstić information content (AvgIpc) is 3.04. The Kier molecular flexibility index (Phi) is 8.50. The lowest BCUT2D eigenvalue weighted by atomic mass is 10.2. The van der Waals surface area contributed by atoms with E-state index in [1.807, 2.05) is 13.8 Å². The van der Waals surface area contributed by atoms with Crippen LogP contribution in [0, 0.1) is 0 Å². The van der Waals surface area contributed by atoms with E-state index in [1.165, 1.54) is 5.56 Å². The van der Waals surface area contributed by atoms with Crippen molar-refractivity contribution in [3.05, 3.63) is 22.4 Å². The van der Waals surface area contributed by atoms with Gasteiger partial charge in [-0.25, -0.2) is 0 Å². The van der Waals surface area contributed by atoms with E-state index in [4.69, 9.17) is 9.47 Å². The summed E-state index contributed by atoms with van der Waals surface area (Å²) in [6.45, 7) is 11.6. The molecule has 132 valence electrons. The maximum absolute atomic E-state index is 10.2. The predicted octanol–water partition coefficient (Wildman–Crippen LogP) is 1.67. The number of rotatable bonds is 10. The standard InChI is InChI=1S/C17H30N2O3S/c1-15(2)22-13-17(20)12-19(11-16-3-10-23-14-16)5-4-18-6-8-21-9-7-18/h3,10,14-15,17,20H,4-9,11-13H2,1-2H3. The van der Waals surface area contributed by atoms with Crippen molar-refractivity contribution in [2.75, 3.05) is 52.5 Å². The van der Waals surface area contributed by atoms with Crippen LogP contribution in [0.3, 0.4) is 0 Å². The summed E-state index contributed by atoms with van der Waals surface area (Å²) in [7, 11) is 0. The Bertz CT molecular complexity index is 408. The van der Waals surface area contributed by atoms with E-state index in [9.17, 15) is 5.11 Å². The van der Waals surface area contributed by atoms with E-state index in [2.05, 4.69) is 26.6 Å². The van der Waals surface area contributed by atoms with Gasteiger partial charge in [0.05, 0.1) is 32.0 Å². The third kappa shape index (κ3) is 7.74. The molecular weight excluding hydrogens is 312 g/mol. The quantitative estimate of drug-likeness (QED) is 0.701. The summed E-state index contributed by atoms with van der Waals surface area (Å²) in [5.74, 6) is 0. The van der Waals surface area contributed by atoms with Gasteiger partial charge in [-0.05, 0) is 36.2 Å². The highest BCUT2D eigenvalue weighted by Crippen LogP contribution is 2.10. The summed E-state index contributed by atoms with van der Waals surface area (Å²) >= 11 is 1.72. The van der Waals surface area contributed by atoms with Crippen LogP contribution in [0.2, 0.25) is 0 Å². The van der Waals surface area contributed by atoms with Gasteiger partial charge in [0.2, 0.25) is 0 Å². The first-order valence-corrected chi connectivity index (χ1v) is 9.41. The highest BCUT2D eigenvalue weighted by atomic mass is 32.1. The van der Waals surface area contributed by atoms with Crippen LogP contribution >= 0.6 is 11.3 Å². The molecule has 1 saturated heterocycles. The Labute approximate surface area is 143 Å². The van der Waals surface area contributed by atoms with Gasteiger partial charge in [-0.3, -0.25) is 9.80 Å². The van der Waals surface area contributed by atoms with E-state index in [0.29, 0.717) is 13.2 Å². The van der Waals surface area contributed by atoms with Gasteiger partial charge in [0, 0.05) is 39.3 Å². The first-order chi connectivity index (χ1) is 11.1. The van der Waals surface area contributed by atoms with Crippen LogP contribution in [-0.4, -0.2) is 79.7 Å². The molecule has 23 heavy (non-hydrogen) atoms. The smallest absolute Gasteiger partial charge is 0.0900 e. The van der Waals surface area contributed by atoms with Crippen molar-refractivity contribution in [2.24, 2.45) is 0 Å². The van der Waals surface area contributed by atoms with Gasteiger partial charge >= 0.3 is 0 Å². The molecule has 2 heterocycles. The molecule has 0 saturated carbocycles. The van der Waals surface area contributed by atoms with E-state index < -0.39 is 6.10 Å². The number of hydrogen-bond donors (Lipinski definition) is 1. The van der Waals surface area contributed by atoms with Gasteiger partial charge < -0.3 is 14.6 Å². The van der Waals surface area contributed by atoms with Crippen molar-refractivity contribution >= 4 is 11.3 Å². The summed E-state index contributed by atoms with van der Waals surface area (Å²) in [5.41, 5.74) is 1.31. The maximum atomic E-state index is 10.2. The largest absolute Gasteiger partial charge is 0.389 e. The van der Waals surface area contributed by atoms with Crippen LogP contribution in [0.1, 0.15) is 19.4 Å². The molecule has 1 atom stereocenters. The minimum absolute atomic E-state index is 0.156. The molecule has 1 N–H and O–H groups in total. The monoisotopic (exact) mass is 342 g/mol. The third-order valence-corrected chi connectivity index (χ3v) is 4.65. The van der Waals surface area contributed by atoms with Gasteiger partial charge in [0.25, 0.3) is 0 Å². The molecule has 0 bridgehead atoms. The SMILES string of the molecule is CC(C)OCC(O)CN(CCN1CCOCC1)Cc1ccsc1. The number of aliphatic hydroxyl groups is 1. The topological polar surface area (TPSA) is 45.2 Å². The minimum Gasteiger partial charge on any atom is -0.389 e. The highest BCUT2D eigenvalue weighted by Gasteiger charge is 2.16. The number of ether oxygens (including phenoxy) is 2. The fourth-order valence-corrected chi connectivity index (χ4v) is 3.30. The number of aliphatic hydroxyl groups excluding tert-OH is 1. The second-order valence-electron chi connectivity index (χ2n) is 6.36. The summed E-state index contributed by atoms with van der Waals surface area (Å²) < 4.78 is 10.9. The molecule has 0 radical (unpaired) electrons. The van der Waals surface area contributed by atoms with Crippen molar-refractivity contribution < 1.29 is 14.6 Å². The molecule has 6 heteroatoms. The summed E-state index contributed by atoms with van der Waals surface area (Å²) in [4.78, 5) is 4.76. The number of morpholine rings is 1. The van der Waals surface area contributed by atoms with Crippen molar-refractivity contribution in [1.29, 1.82) is 0 Å². The summed E-state index contributed by atoms with van der Waals surface area (Å²) in [6.07, 6.45) is -0.288. The Morgan fingerprint density at radius 1 is 1.39 bits per heavy atom. The van der Waals surface area contributed by atoms with Gasteiger partial charge in [-0.2, -0.15) is 11.3 Å². The third-order valence-electron chi connectivity index (χ3n) is 3.91. The Morgan fingerprint density at radius 2 is 2.17 bits per heavy atom. The van der Waals surface area contributed by atoms with Crippen molar-refractivity contribution in [1.82, 2.24) is 9.80 Å². The van der Waals surface area contributed by atoms with Crippen LogP contribution < -0.4 is 0 Å². The van der Waals surface area contributed by atoms with Crippen molar-refractivity contribution in [2.45, 2.75) is 32.6 Å². The Morgan fingerprint density at radius 3 is 2.83 bits per heavy atom. The lowest BCUT2D eigenvalue weighted by molar-refractivity contribution is -0.0128. The molecule has 5 nitrogen and oxygen atoms in total. The van der Waals surface area contributed by atoms with E-state index in [-0.39, 0.29) is 6.10 Å². The van der Waals surface area contributed by atoms with Crippen LogP contribution in [0.25, 0.3) is 0 Å². The second-order valence-corrected chi connectivity index (χ2v) is 7.14. The molecule has 1 fully saturated rings. The molecule has 1 aliphatic heterocycles. The van der Waals surface area contributed by atoms with E-state index >= 15 is 0 Å². The molecule has 1 unspecified atom stereocenters. The van der Waals surface area contributed by atoms with Crippen molar-refractivity contribution in [3.63, 3.8) is 0 Å². The lowest BCUT2D eigenvalue weighted by Gasteiger charge is -2.31. The van der Waals surface area contributed by atoms with Gasteiger partial charge in [-0.15, -0.1) is 0 Å². The zero-order chi connectivity index (χ0) is 16.5. The second kappa shape index (κ2) is 10.4. The van der Waals surface area contributed by atoms with Crippen molar-refractivity contribution in [3.8, 4) is 0 Å². The molecule has 0 spiro atoms. The Hall–Kier alpha value is -0.500. The normalized spacial score (nSPS) is 18.0. The molecule has 1 aliphatic rings. The molecule has 0 aliphatic carbocycles. The summed E-state index contributed by atoms with van der Waals surface area (Å²) in [5, 5.41) is 14.5. The number of nitrogens with zero attached hydrogens (tertiary/aromatic N) is 2. The number of hydrogen-bond acceptors (Lipinski definition) is 6. The Balaban J connectivity index is 1.80. The van der Waals surface area contributed by atoms with Crippen LogP contribution in [0.15, 0.2) is 16.8 Å². The van der Waals surface area contributed by atoms with E-state index in [1.54, 1.807) is 11.3 Å². The fraction of sp³-hybridized carbons (Fsp3) is 0.765. The molecule has 0 amide bonds. The fourth-order valence-electron chi connectivity index (χ4n) is 2.64. The summed E-state index contributed by atoms with van der Waals surface area (Å²) in [6, 6.07) is 2.16. The zero-order valence-electron chi connectivity index (χ0n) is 14.3. The van der Waals surface area contributed by atoms with Gasteiger partial charge in [-0.1, -0.05) is 0 Å². The highest BCUT2D eigenvalue weighted by molar-refractivity contribution is 7.07. The van der Waals surface area contributed by atoms with Gasteiger partial charge in [0.1, 0.15) is 0 Å². The van der Waals surface area contributed by atoms with Gasteiger partial charge in [0.15, 0.2) is 0 Å². The predicted molar refractivity (Wildman–Crippen MR) is 93.9 cm³/mol. The molecule has 0 aromatic carbocycles. The zero-order valence-corrected chi connectivity index (χ0v) is 15.1. The molecular formula is C17H30N2O3S. The maximum Gasteiger partial charge on any atom is 0.0900 e. The van der Waals surface area contributed by atoms with E-state index in [0.717, 1.165) is 45.9 Å². The molecule has 1 aromatic rings. The molecule has 1 aromatic heterocycles. The van der Waals surface area contributed by atoms with Crippen LogP contribution in [0.4, 0.5) is 0 Å². The minimum atomic E-state index is -0.444. The van der Waals surface area contributed by atoms with Crippen LogP contribution in [0.5, 0.6) is 0 Å². The lowest BCUT2D eigenvalue weighted by Crippen LogP contribution is -2.43. The molecule has 2 rings (SSSR count). The first-order valence-electron chi connectivity index (χ1n) is 8.46.